The molecule has 0 saturated carbocycles. The minimum absolute atomic E-state index is 0.0409. The van der Waals surface area contributed by atoms with E-state index in [-0.39, 0.29) is 17.5 Å². The highest BCUT2D eigenvalue weighted by Crippen LogP contribution is 2.22. The number of aromatic nitrogens is 3. The van der Waals surface area contributed by atoms with Gasteiger partial charge in [0.15, 0.2) is 5.79 Å². The number of H-pyrrole nitrogens is 1. The van der Waals surface area contributed by atoms with Crippen LogP contribution in [0.15, 0.2) is 35.1 Å². The summed E-state index contributed by atoms with van der Waals surface area (Å²) in [4.78, 5) is 15.5. The van der Waals surface area contributed by atoms with E-state index >= 15 is 0 Å². The number of aryl methyl sites for hydroxylation is 1. The number of halogens is 1. The summed E-state index contributed by atoms with van der Waals surface area (Å²) in [6.07, 6.45) is -0.0409. The Labute approximate surface area is 161 Å². The maximum atomic E-state index is 13.2. The topological polar surface area (TPSA) is 81.2 Å². The van der Waals surface area contributed by atoms with Crippen LogP contribution < -0.4 is 10.9 Å². The SMILES string of the molecule is Cc1nn(-c2ccc(F)cc2)c2[nH]c(=O)c(CNC[C@H]3COC(C)(C)O3)cc12. The lowest BCUT2D eigenvalue weighted by Gasteiger charge is -2.17. The second-order valence-corrected chi connectivity index (χ2v) is 7.44. The molecule has 1 aromatic carbocycles. The van der Waals surface area contributed by atoms with E-state index in [1.165, 1.54) is 12.1 Å². The summed E-state index contributed by atoms with van der Waals surface area (Å²) in [5.41, 5.74) is 2.49. The summed E-state index contributed by atoms with van der Waals surface area (Å²) in [6.45, 7) is 7.17. The summed E-state index contributed by atoms with van der Waals surface area (Å²) < 4.78 is 26.1. The number of pyridine rings is 1. The molecule has 0 radical (unpaired) electrons. The van der Waals surface area contributed by atoms with E-state index in [0.717, 1.165) is 11.1 Å². The Hall–Kier alpha value is -2.55. The van der Waals surface area contributed by atoms with Crippen LogP contribution in [0.25, 0.3) is 16.7 Å². The van der Waals surface area contributed by atoms with E-state index < -0.39 is 5.79 Å². The molecule has 3 aromatic rings. The molecule has 0 unspecified atom stereocenters. The van der Waals surface area contributed by atoms with Crippen molar-refractivity contribution >= 4 is 11.0 Å². The average Bonchev–Trinajstić information content (AvgIpc) is 3.15. The molecule has 0 amide bonds. The summed E-state index contributed by atoms with van der Waals surface area (Å²) >= 11 is 0. The molecule has 0 bridgehead atoms. The van der Waals surface area contributed by atoms with Crippen molar-refractivity contribution < 1.29 is 13.9 Å². The van der Waals surface area contributed by atoms with E-state index in [4.69, 9.17) is 9.47 Å². The predicted octanol–water partition coefficient (Wildman–Crippen LogP) is 2.40. The van der Waals surface area contributed by atoms with Gasteiger partial charge in [0.2, 0.25) is 0 Å². The molecule has 4 rings (SSSR count). The van der Waals surface area contributed by atoms with Gasteiger partial charge in [0, 0.05) is 24.0 Å². The summed E-state index contributed by atoms with van der Waals surface area (Å²) in [5, 5.41) is 8.60. The van der Waals surface area contributed by atoms with Gasteiger partial charge < -0.3 is 19.8 Å². The zero-order valence-electron chi connectivity index (χ0n) is 16.1. The van der Waals surface area contributed by atoms with Crippen LogP contribution in [0.4, 0.5) is 4.39 Å². The lowest BCUT2D eigenvalue weighted by molar-refractivity contribution is -0.137. The van der Waals surface area contributed by atoms with Crippen molar-refractivity contribution in [3.8, 4) is 5.69 Å². The normalized spacial score (nSPS) is 18.8. The fourth-order valence-corrected chi connectivity index (χ4v) is 3.39. The van der Waals surface area contributed by atoms with Crippen LogP contribution in [-0.2, 0) is 16.0 Å². The zero-order chi connectivity index (χ0) is 19.9. The Kier molecular flexibility index (Phi) is 4.78. The van der Waals surface area contributed by atoms with Crippen LogP contribution in [0.5, 0.6) is 0 Å². The molecular weight excluding hydrogens is 363 g/mol. The Bertz CT molecular complexity index is 1060. The van der Waals surface area contributed by atoms with Crippen LogP contribution in [-0.4, -0.2) is 39.8 Å². The first-order valence-electron chi connectivity index (χ1n) is 9.22. The van der Waals surface area contributed by atoms with Gasteiger partial charge in [0.25, 0.3) is 5.56 Å². The molecular formula is C20H23FN4O3. The summed E-state index contributed by atoms with van der Waals surface area (Å²) in [5.74, 6) is -0.881. The maximum absolute atomic E-state index is 13.2. The first-order valence-corrected chi connectivity index (χ1v) is 9.22. The quantitative estimate of drug-likeness (QED) is 0.704. The number of rotatable bonds is 5. The number of hydrogen-bond acceptors (Lipinski definition) is 5. The third-order valence-corrected chi connectivity index (χ3v) is 4.77. The molecule has 1 saturated heterocycles. The lowest BCUT2D eigenvalue weighted by Crippen LogP contribution is -2.31. The monoisotopic (exact) mass is 386 g/mol. The summed E-state index contributed by atoms with van der Waals surface area (Å²) in [7, 11) is 0. The number of benzene rings is 1. The van der Waals surface area contributed by atoms with Crippen LogP contribution in [0, 0.1) is 12.7 Å². The molecule has 0 aliphatic carbocycles. The first-order chi connectivity index (χ1) is 13.3. The number of hydrogen-bond donors (Lipinski definition) is 2. The molecule has 8 heteroatoms. The third-order valence-electron chi connectivity index (χ3n) is 4.77. The number of fused-ring (bicyclic) bond motifs is 1. The van der Waals surface area contributed by atoms with Crippen molar-refractivity contribution in [1.82, 2.24) is 20.1 Å². The van der Waals surface area contributed by atoms with Gasteiger partial charge >= 0.3 is 0 Å². The Morgan fingerprint density at radius 3 is 2.79 bits per heavy atom. The van der Waals surface area contributed by atoms with Gasteiger partial charge in [-0.05, 0) is 51.1 Å². The molecule has 0 spiro atoms. The van der Waals surface area contributed by atoms with Gasteiger partial charge in [0.1, 0.15) is 11.5 Å². The van der Waals surface area contributed by atoms with Crippen molar-refractivity contribution in [2.24, 2.45) is 0 Å². The minimum Gasteiger partial charge on any atom is -0.348 e. The van der Waals surface area contributed by atoms with Crippen LogP contribution in [0.2, 0.25) is 0 Å². The highest BCUT2D eigenvalue weighted by Gasteiger charge is 2.32. The summed E-state index contributed by atoms with van der Waals surface area (Å²) in [6, 6.07) is 7.83. The van der Waals surface area contributed by atoms with Crippen molar-refractivity contribution in [3.05, 3.63) is 57.8 Å². The molecule has 2 aromatic heterocycles. The van der Waals surface area contributed by atoms with E-state index in [9.17, 15) is 9.18 Å². The second kappa shape index (κ2) is 7.12. The predicted molar refractivity (Wildman–Crippen MR) is 103 cm³/mol. The van der Waals surface area contributed by atoms with Gasteiger partial charge in [-0.25, -0.2) is 9.07 Å². The van der Waals surface area contributed by atoms with Crippen molar-refractivity contribution in [1.29, 1.82) is 0 Å². The Morgan fingerprint density at radius 1 is 1.36 bits per heavy atom. The molecule has 28 heavy (non-hydrogen) atoms. The van der Waals surface area contributed by atoms with Gasteiger partial charge in [-0.3, -0.25) is 4.79 Å². The zero-order valence-corrected chi connectivity index (χ0v) is 16.1. The standard InChI is InChI=1S/C20H23FN4O3/c1-12-17-8-13(9-22-10-16-11-27-20(2,3)28-16)19(26)23-18(17)25(24-12)15-6-4-14(21)5-7-15/h4-8,16,22H,9-11H2,1-3H3,(H,23,26)/t16-/m0/s1. The van der Waals surface area contributed by atoms with E-state index in [2.05, 4.69) is 15.4 Å². The van der Waals surface area contributed by atoms with Crippen LogP contribution in [0.3, 0.4) is 0 Å². The Balaban J connectivity index is 1.55. The number of nitrogens with one attached hydrogen (secondary N) is 2. The Morgan fingerprint density at radius 2 is 2.11 bits per heavy atom. The number of ether oxygens (including phenoxy) is 2. The molecule has 3 heterocycles. The highest BCUT2D eigenvalue weighted by molar-refractivity contribution is 5.80. The van der Waals surface area contributed by atoms with Gasteiger partial charge in [-0.15, -0.1) is 0 Å². The van der Waals surface area contributed by atoms with Crippen molar-refractivity contribution in [2.75, 3.05) is 13.2 Å². The van der Waals surface area contributed by atoms with Gasteiger partial charge in [0.05, 0.1) is 24.1 Å². The molecule has 1 atom stereocenters. The van der Waals surface area contributed by atoms with E-state index in [1.807, 2.05) is 26.8 Å². The van der Waals surface area contributed by atoms with E-state index in [0.29, 0.717) is 36.6 Å². The van der Waals surface area contributed by atoms with Crippen molar-refractivity contribution in [2.45, 2.75) is 39.2 Å². The average molecular weight is 386 g/mol. The van der Waals surface area contributed by atoms with Crippen LogP contribution in [0.1, 0.15) is 25.1 Å². The maximum Gasteiger partial charge on any atom is 0.254 e. The molecule has 7 nitrogen and oxygen atoms in total. The van der Waals surface area contributed by atoms with Gasteiger partial charge in [-0.2, -0.15) is 5.10 Å². The number of nitrogens with zero attached hydrogens (tertiary/aromatic N) is 2. The second-order valence-electron chi connectivity index (χ2n) is 7.44. The lowest BCUT2D eigenvalue weighted by atomic mass is 10.2. The van der Waals surface area contributed by atoms with Crippen molar-refractivity contribution in [3.63, 3.8) is 0 Å². The molecule has 148 valence electrons. The molecule has 1 fully saturated rings. The number of aromatic amines is 1. The highest BCUT2D eigenvalue weighted by atomic mass is 19.1. The smallest absolute Gasteiger partial charge is 0.254 e. The molecule has 2 N–H and O–H groups in total. The molecule has 1 aliphatic rings. The first kappa shape index (κ1) is 18.8. The largest absolute Gasteiger partial charge is 0.348 e. The third kappa shape index (κ3) is 3.71. The molecule has 1 aliphatic heterocycles. The fraction of sp³-hybridized carbons (Fsp3) is 0.400. The van der Waals surface area contributed by atoms with E-state index in [1.54, 1.807) is 16.8 Å². The minimum atomic E-state index is -0.561. The fourth-order valence-electron chi connectivity index (χ4n) is 3.39. The van der Waals surface area contributed by atoms with Crippen LogP contribution >= 0.6 is 0 Å². The van der Waals surface area contributed by atoms with Gasteiger partial charge in [-0.1, -0.05) is 0 Å².